The van der Waals surface area contributed by atoms with Crippen molar-refractivity contribution in [3.05, 3.63) is 59.7 Å². The van der Waals surface area contributed by atoms with Gasteiger partial charge in [-0.15, -0.1) is 0 Å². The molecule has 0 amide bonds. The first-order valence-electron chi connectivity index (χ1n) is 11.0. The molecular weight excluding hydrogens is 404 g/mol. The summed E-state index contributed by atoms with van der Waals surface area (Å²) >= 11 is 0. The summed E-state index contributed by atoms with van der Waals surface area (Å²) < 4.78 is 16.8. The molecule has 2 N–H and O–H groups in total. The van der Waals surface area contributed by atoms with Crippen LogP contribution in [0.2, 0.25) is 0 Å². The van der Waals surface area contributed by atoms with Gasteiger partial charge in [-0.25, -0.2) is 0 Å². The molecule has 0 saturated heterocycles. The minimum absolute atomic E-state index is 0.0935. The average Bonchev–Trinajstić information content (AvgIpc) is 2.82. The normalized spacial score (nSPS) is 13.5. The van der Waals surface area contributed by atoms with Crippen LogP contribution >= 0.6 is 0 Å². The maximum atomic E-state index is 5.94. The number of nitrogens with zero attached hydrogens (tertiary/aromatic N) is 2. The molecule has 2 aromatic rings. The molecule has 0 aliphatic carbocycles. The summed E-state index contributed by atoms with van der Waals surface area (Å²) in [7, 11) is 9.20. The highest BCUT2D eigenvalue weighted by atomic mass is 16.5. The van der Waals surface area contributed by atoms with Crippen LogP contribution in [0.4, 0.5) is 0 Å². The van der Waals surface area contributed by atoms with Crippen LogP contribution in [0.5, 0.6) is 11.5 Å². The fraction of sp³-hybridized carbons (Fsp3) is 0.480. The van der Waals surface area contributed by atoms with Crippen LogP contribution in [0, 0.1) is 0 Å². The summed E-state index contributed by atoms with van der Waals surface area (Å²) in [5, 5.41) is 6.79. The number of benzene rings is 2. The van der Waals surface area contributed by atoms with E-state index in [0.717, 1.165) is 36.0 Å². The molecule has 0 aliphatic heterocycles. The van der Waals surface area contributed by atoms with Crippen molar-refractivity contribution in [3.8, 4) is 11.5 Å². The Morgan fingerprint density at radius 1 is 0.969 bits per heavy atom. The van der Waals surface area contributed by atoms with Gasteiger partial charge in [0.25, 0.3) is 0 Å². The Morgan fingerprint density at radius 3 is 2.31 bits per heavy atom. The molecule has 32 heavy (non-hydrogen) atoms. The molecule has 0 aromatic heterocycles. The number of likely N-dealkylation sites (N-methyl/N-ethyl adjacent to an activating group) is 1. The van der Waals surface area contributed by atoms with Crippen LogP contribution in [-0.4, -0.2) is 65.9 Å². The third-order valence-corrected chi connectivity index (χ3v) is 5.35. The summed E-state index contributed by atoms with van der Waals surface area (Å²) in [6.45, 7) is 4.25. The summed E-state index contributed by atoms with van der Waals surface area (Å²) in [4.78, 5) is 6.51. The first-order valence-corrected chi connectivity index (χ1v) is 11.0. The molecule has 7 nitrogen and oxygen atoms in total. The second kappa shape index (κ2) is 13.6. The lowest BCUT2D eigenvalue weighted by molar-refractivity contribution is 0.0646. The van der Waals surface area contributed by atoms with E-state index in [-0.39, 0.29) is 12.1 Å². The number of aliphatic imine (C=N–C) groups is 1. The Kier molecular flexibility index (Phi) is 10.8. The quantitative estimate of drug-likeness (QED) is 0.297. The molecule has 2 unspecified atom stereocenters. The van der Waals surface area contributed by atoms with Crippen molar-refractivity contribution in [1.82, 2.24) is 15.5 Å². The minimum atomic E-state index is 0.0935. The number of ether oxygens (including phenoxy) is 3. The first kappa shape index (κ1) is 25.5. The maximum absolute atomic E-state index is 5.94. The number of hydrogen-bond donors (Lipinski definition) is 2. The number of rotatable bonds is 12. The average molecular weight is 443 g/mol. The van der Waals surface area contributed by atoms with Crippen molar-refractivity contribution in [2.45, 2.75) is 25.5 Å². The highest BCUT2D eigenvalue weighted by Crippen LogP contribution is 2.31. The van der Waals surface area contributed by atoms with Crippen molar-refractivity contribution >= 4 is 5.96 Å². The third kappa shape index (κ3) is 7.73. The van der Waals surface area contributed by atoms with Crippen molar-refractivity contribution in [2.75, 3.05) is 55.1 Å². The molecule has 2 atom stereocenters. The van der Waals surface area contributed by atoms with Crippen LogP contribution in [0.1, 0.15) is 36.6 Å². The van der Waals surface area contributed by atoms with Gasteiger partial charge in [-0.1, -0.05) is 36.4 Å². The molecule has 0 spiro atoms. The predicted octanol–water partition coefficient (Wildman–Crippen LogP) is 3.64. The van der Waals surface area contributed by atoms with E-state index in [1.165, 1.54) is 5.56 Å². The fourth-order valence-electron chi connectivity index (χ4n) is 3.43. The summed E-state index contributed by atoms with van der Waals surface area (Å²) in [5.41, 5.74) is 2.33. The van der Waals surface area contributed by atoms with E-state index in [9.17, 15) is 0 Å². The Morgan fingerprint density at radius 2 is 1.69 bits per heavy atom. The van der Waals surface area contributed by atoms with Gasteiger partial charge in [0.1, 0.15) is 0 Å². The predicted molar refractivity (Wildman–Crippen MR) is 131 cm³/mol. The lowest BCUT2D eigenvalue weighted by Crippen LogP contribution is -2.42. The molecule has 2 rings (SSSR count). The Bertz CT molecular complexity index is 827. The molecule has 7 heteroatoms. The van der Waals surface area contributed by atoms with Crippen LogP contribution in [0.3, 0.4) is 0 Å². The van der Waals surface area contributed by atoms with E-state index in [4.69, 9.17) is 14.2 Å². The molecule has 0 aliphatic rings. The number of nitrogens with one attached hydrogen (secondary N) is 2. The highest BCUT2D eigenvalue weighted by Gasteiger charge is 2.17. The Hall–Kier alpha value is -2.77. The van der Waals surface area contributed by atoms with Crippen molar-refractivity contribution < 1.29 is 14.2 Å². The van der Waals surface area contributed by atoms with Gasteiger partial charge in [-0.05, 0) is 50.7 Å². The second-order valence-electron chi connectivity index (χ2n) is 7.75. The standard InChI is InChI=1S/C25H38N4O3/c1-19(20-11-8-7-9-12-20)32-16-10-15-27-25(26-2)28-18-22(29(3)4)21-13-14-23(30-5)24(17-21)31-6/h7-9,11-14,17,19,22H,10,15-16,18H2,1-6H3,(H2,26,27,28). The lowest BCUT2D eigenvalue weighted by atomic mass is 10.1. The summed E-state index contributed by atoms with van der Waals surface area (Å²) in [6.07, 6.45) is 0.987. The fourth-order valence-corrected chi connectivity index (χ4v) is 3.43. The van der Waals surface area contributed by atoms with Crippen LogP contribution in [0.15, 0.2) is 53.5 Å². The maximum Gasteiger partial charge on any atom is 0.191 e. The van der Waals surface area contributed by atoms with Gasteiger partial charge in [-0.2, -0.15) is 0 Å². The Labute approximate surface area is 192 Å². The third-order valence-electron chi connectivity index (χ3n) is 5.35. The van der Waals surface area contributed by atoms with Gasteiger partial charge in [0.05, 0.1) is 26.4 Å². The number of hydrogen-bond acceptors (Lipinski definition) is 5. The van der Waals surface area contributed by atoms with E-state index in [1.807, 2.05) is 30.3 Å². The molecule has 176 valence electrons. The van der Waals surface area contributed by atoms with Gasteiger partial charge in [0, 0.05) is 26.7 Å². The SMILES string of the molecule is CN=C(NCCCOC(C)c1ccccc1)NCC(c1ccc(OC)c(OC)c1)N(C)C. The Balaban J connectivity index is 1.80. The minimum Gasteiger partial charge on any atom is -0.493 e. The number of methoxy groups -OCH3 is 2. The molecule has 0 saturated carbocycles. The first-order chi connectivity index (χ1) is 15.5. The molecule has 2 aromatic carbocycles. The van der Waals surface area contributed by atoms with E-state index in [0.29, 0.717) is 13.2 Å². The van der Waals surface area contributed by atoms with Gasteiger partial charge in [-0.3, -0.25) is 4.99 Å². The van der Waals surface area contributed by atoms with Gasteiger partial charge >= 0.3 is 0 Å². The largest absolute Gasteiger partial charge is 0.493 e. The highest BCUT2D eigenvalue weighted by molar-refractivity contribution is 5.79. The molecule has 0 bridgehead atoms. The zero-order valence-corrected chi connectivity index (χ0v) is 20.2. The molecule has 0 fully saturated rings. The second-order valence-corrected chi connectivity index (χ2v) is 7.75. The summed E-state index contributed by atoms with van der Waals surface area (Å²) in [6, 6.07) is 16.4. The van der Waals surface area contributed by atoms with Crippen LogP contribution < -0.4 is 20.1 Å². The van der Waals surface area contributed by atoms with Gasteiger partial charge in [0.15, 0.2) is 17.5 Å². The number of guanidine groups is 1. The van der Waals surface area contributed by atoms with E-state index >= 15 is 0 Å². The van der Waals surface area contributed by atoms with E-state index < -0.39 is 0 Å². The smallest absolute Gasteiger partial charge is 0.191 e. The molecule has 0 heterocycles. The van der Waals surface area contributed by atoms with E-state index in [1.54, 1.807) is 21.3 Å². The summed E-state index contributed by atoms with van der Waals surface area (Å²) in [5.74, 6) is 2.22. The lowest BCUT2D eigenvalue weighted by Gasteiger charge is -2.26. The zero-order chi connectivity index (χ0) is 23.3. The van der Waals surface area contributed by atoms with Crippen LogP contribution in [-0.2, 0) is 4.74 Å². The monoisotopic (exact) mass is 442 g/mol. The van der Waals surface area contributed by atoms with Crippen molar-refractivity contribution in [3.63, 3.8) is 0 Å². The zero-order valence-electron chi connectivity index (χ0n) is 20.2. The van der Waals surface area contributed by atoms with E-state index in [2.05, 4.69) is 59.7 Å². The molecule has 0 radical (unpaired) electrons. The van der Waals surface area contributed by atoms with Crippen molar-refractivity contribution in [2.24, 2.45) is 4.99 Å². The van der Waals surface area contributed by atoms with Gasteiger partial charge in [0.2, 0.25) is 0 Å². The van der Waals surface area contributed by atoms with Gasteiger partial charge < -0.3 is 29.7 Å². The van der Waals surface area contributed by atoms with Crippen molar-refractivity contribution in [1.29, 1.82) is 0 Å². The van der Waals surface area contributed by atoms with Crippen LogP contribution in [0.25, 0.3) is 0 Å². The molecular formula is C25H38N4O3. The topological polar surface area (TPSA) is 67.4 Å².